The van der Waals surface area contributed by atoms with Crippen LogP contribution in [0.5, 0.6) is 0 Å². The van der Waals surface area contributed by atoms with E-state index in [0.29, 0.717) is 15.9 Å². The van der Waals surface area contributed by atoms with Crippen LogP contribution in [0.25, 0.3) is 0 Å². The third kappa shape index (κ3) is 7.93. The summed E-state index contributed by atoms with van der Waals surface area (Å²) >= 11 is 18.3. The minimum atomic E-state index is -4.86. The van der Waals surface area contributed by atoms with Crippen LogP contribution >= 0.6 is 34.8 Å². The van der Waals surface area contributed by atoms with Gasteiger partial charge in [0.25, 0.3) is 0 Å². The molecule has 0 bridgehead atoms. The van der Waals surface area contributed by atoms with Gasteiger partial charge in [0.2, 0.25) is 21.8 Å². The van der Waals surface area contributed by atoms with Gasteiger partial charge in [-0.1, -0.05) is 53.7 Å². The summed E-state index contributed by atoms with van der Waals surface area (Å²) in [5.41, 5.74) is -1.35. The summed E-state index contributed by atoms with van der Waals surface area (Å²) in [6, 6.07) is 6.08. The van der Waals surface area contributed by atoms with Crippen LogP contribution in [0.3, 0.4) is 0 Å². The second kappa shape index (κ2) is 12.5. The quantitative estimate of drug-likeness (QED) is 0.374. The van der Waals surface area contributed by atoms with Crippen molar-refractivity contribution in [2.24, 2.45) is 0 Å². The Morgan fingerprint density at radius 2 is 1.64 bits per heavy atom. The molecule has 1 aliphatic carbocycles. The standard InChI is InChI=1S/C25H27Cl3F3N3O4S/c1-15(24(36)32-16-6-3-4-7-16)33(13-18-20(26)8-5-9-21(18)27)23(35)14-34(39(2,37)38)17-10-11-22(28)19(12-17)25(29,30)31/h5,8-12,15-16H,3-4,6-7,13-14H2,1-2H3,(H,32,36)/t15-/m1/s1. The van der Waals surface area contributed by atoms with Crippen LogP contribution in [0.15, 0.2) is 36.4 Å². The van der Waals surface area contributed by atoms with E-state index >= 15 is 0 Å². The minimum Gasteiger partial charge on any atom is -0.352 e. The molecule has 1 aliphatic rings. The second-order valence-electron chi connectivity index (χ2n) is 9.32. The average molecular weight is 629 g/mol. The Morgan fingerprint density at radius 1 is 1.05 bits per heavy atom. The molecule has 214 valence electrons. The second-order valence-corrected chi connectivity index (χ2v) is 12.4. The van der Waals surface area contributed by atoms with E-state index in [-0.39, 0.29) is 22.6 Å². The Hall–Kier alpha value is -2.21. The molecule has 2 amide bonds. The number of anilines is 1. The molecule has 0 aromatic heterocycles. The number of benzene rings is 2. The van der Waals surface area contributed by atoms with Crippen molar-refractivity contribution in [2.75, 3.05) is 17.1 Å². The summed E-state index contributed by atoms with van der Waals surface area (Å²) in [4.78, 5) is 27.9. The Balaban J connectivity index is 1.98. The van der Waals surface area contributed by atoms with Gasteiger partial charge < -0.3 is 10.2 Å². The number of alkyl halides is 3. The fourth-order valence-corrected chi connectivity index (χ4v) is 5.91. The maximum atomic E-state index is 13.6. The van der Waals surface area contributed by atoms with Gasteiger partial charge in [-0.2, -0.15) is 13.2 Å². The topological polar surface area (TPSA) is 86.8 Å². The highest BCUT2D eigenvalue weighted by Gasteiger charge is 2.36. The van der Waals surface area contributed by atoms with Crippen molar-refractivity contribution in [1.82, 2.24) is 10.2 Å². The third-order valence-electron chi connectivity index (χ3n) is 6.48. The van der Waals surface area contributed by atoms with E-state index in [0.717, 1.165) is 49.0 Å². The predicted molar refractivity (Wildman–Crippen MR) is 146 cm³/mol. The number of halogens is 6. The first-order valence-electron chi connectivity index (χ1n) is 12.0. The van der Waals surface area contributed by atoms with Gasteiger partial charge in [-0.3, -0.25) is 13.9 Å². The van der Waals surface area contributed by atoms with Gasteiger partial charge in [-0.05, 0) is 50.1 Å². The monoisotopic (exact) mass is 627 g/mol. The normalized spacial score (nSPS) is 15.2. The zero-order valence-electron chi connectivity index (χ0n) is 21.1. The Labute approximate surface area is 240 Å². The molecule has 3 rings (SSSR count). The molecule has 0 aliphatic heterocycles. The number of nitrogens with one attached hydrogen (secondary N) is 1. The molecule has 7 nitrogen and oxygen atoms in total. The van der Waals surface area contributed by atoms with Crippen molar-refractivity contribution < 1.29 is 31.2 Å². The maximum Gasteiger partial charge on any atom is 0.417 e. The minimum absolute atomic E-state index is 0.0526. The van der Waals surface area contributed by atoms with E-state index < -0.39 is 56.9 Å². The number of amides is 2. The Bertz CT molecular complexity index is 1320. The van der Waals surface area contributed by atoms with Crippen LogP contribution < -0.4 is 9.62 Å². The fourth-order valence-electron chi connectivity index (χ4n) is 4.33. The van der Waals surface area contributed by atoms with E-state index in [2.05, 4.69) is 5.32 Å². The molecule has 1 atom stereocenters. The van der Waals surface area contributed by atoms with E-state index in [1.54, 1.807) is 18.2 Å². The van der Waals surface area contributed by atoms with E-state index in [4.69, 9.17) is 34.8 Å². The molecule has 2 aromatic carbocycles. The molecule has 14 heteroatoms. The lowest BCUT2D eigenvalue weighted by Crippen LogP contribution is -2.52. The highest BCUT2D eigenvalue weighted by atomic mass is 35.5. The highest BCUT2D eigenvalue weighted by molar-refractivity contribution is 7.92. The molecular formula is C25H27Cl3F3N3O4S. The SMILES string of the molecule is C[C@H](C(=O)NC1CCCC1)N(Cc1c(Cl)cccc1Cl)C(=O)CN(c1ccc(Cl)c(C(F)(F)F)c1)S(C)(=O)=O. The molecule has 2 aromatic rings. The lowest BCUT2D eigenvalue weighted by Gasteiger charge is -2.32. The van der Waals surface area contributed by atoms with Crippen LogP contribution in [0.2, 0.25) is 15.1 Å². The summed E-state index contributed by atoms with van der Waals surface area (Å²) in [6.45, 7) is 0.339. The summed E-state index contributed by atoms with van der Waals surface area (Å²) in [5.74, 6) is -1.32. The van der Waals surface area contributed by atoms with E-state index in [1.807, 2.05) is 0 Å². The number of carbonyl (C=O) groups is 2. The molecule has 1 N–H and O–H groups in total. The first-order chi connectivity index (χ1) is 18.1. The van der Waals surface area contributed by atoms with Crippen LogP contribution in [0.1, 0.15) is 43.7 Å². The molecule has 39 heavy (non-hydrogen) atoms. The van der Waals surface area contributed by atoms with Gasteiger partial charge in [-0.25, -0.2) is 8.42 Å². The summed E-state index contributed by atoms with van der Waals surface area (Å²) in [5, 5.41) is 2.71. The number of hydrogen-bond acceptors (Lipinski definition) is 4. The van der Waals surface area contributed by atoms with Gasteiger partial charge in [-0.15, -0.1) is 0 Å². The number of nitrogens with zero attached hydrogens (tertiary/aromatic N) is 2. The maximum absolute atomic E-state index is 13.6. The first-order valence-corrected chi connectivity index (χ1v) is 14.9. The van der Waals surface area contributed by atoms with Crippen molar-refractivity contribution in [3.05, 3.63) is 62.6 Å². The molecule has 0 unspecified atom stereocenters. The molecule has 1 fully saturated rings. The van der Waals surface area contributed by atoms with Crippen molar-refractivity contribution in [3.8, 4) is 0 Å². The third-order valence-corrected chi connectivity index (χ3v) is 8.66. The van der Waals surface area contributed by atoms with Crippen LogP contribution in [-0.4, -0.2) is 50.0 Å². The average Bonchev–Trinajstić information content (AvgIpc) is 3.34. The molecule has 0 radical (unpaired) electrons. The van der Waals surface area contributed by atoms with Crippen molar-refractivity contribution in [3.63, 3.8) is 0 Å². The molecule has 0 heterocycles. The first kappa shape index (κ1) is 31.3. The predicted octanol–water partition coefficient (Wildman–Crippen LogP) is 5.91. The molecule has 1 saturated carbocycles. The summed E-state index contributed by atoms with van der Waals surface area (Å²) < 4.78 is 66.2. The molecule has 0 saturated heterocycles. The fraction of sp³-hybridized carbons (Fsp3) is 0.440. The molecule has 0 spiro atoms. The van der Waals surface area contributed by atoms with Gasteiger partial charge in [0.1, 0.15) is 12.6 Å². The number of sulfonamides is 1. The van der Waals surface area contributed by atoms with E-state index in [9.17, 15) is 31.2 Å². The Kier molecular flexibility index (Phi) is 10.1. The summed E-state index contributed by atoms with van der Waals surface area (Å²) in [7, 11) is -4.25. The van der Waals surface area contributed by atoms with Gasteiger partial charge in [0, 0.05) is 28.2 Å². The highest BCUT2D eigenvalue weighted by Crippen LogP contribution is 2.37. The van der Waals surface area contributed by atoms with Gasteiger partial charge in [0.05, 0.1) is 22.5 Å². The van der Waals surface area contributed by atoms with Crippen molar-refractivity contribution >= 4 is 62.3 Å². The summed E-state index contributed by atoms with van der Waals surface area (Å²) in [6.07, 6.45) is -0.595. The smallest absolute Gasteiger partial charge is 0.352 e. The van der Waals surface area contributed by atoms with Gasteiger partial charge in [0.15, 0.2) is 0 Å². The lowest BCUT2D eigenvalue weighted by molar-refractivity contribution is -0.139. The zero-order chi connectivity index (χ0) is 29.1. The van der Waals surface area contributed by atoms with Crippen LogP contribution in [0, 0.1) is 0 Å². The van der Waals surface area contributed by atoms with Gasteiger partial charge >= 0.3 is 6.18 Å². The number of hydrogen-bond donors (Lipinski definition) is 1. The largest absolute Gasteiger partial charge is 0.417 e. The zero-order valence-corrected chi connectivity index (χ0v) is 24.1. The van der Waals surface area contributed by atoms with Crippen molar-refractivity contribution in [2.45, 2.75) is 57.4 Å². The van der Waals surface area contributed by atoms with Crippen molar-refractivity contribution in [1.29, 1.82) is 0 Å². The molecular weight excluding hydrogens is 602 g/mol. The number of rotatable bonds is 9. The van der Waals surface area contributed by atoms with E-state index in [1.165, 1.54) is 6.92 Å². The van der Waals surface area contributed by atoms with Crippen LogP contribution in [0.4, 0.5) is 18.9 Å². The lowest BCUT2D eigenvalue weighted by atomic mass is 10.1. The van der Waals surface area contributed by atoms with Crippen LogP contribution in [-0.2, 0) is 32.3 Å². The number of carbonyl (C=O) groups excluding carboxylic acids is 2. The Morgan fingerprint density at radius 3 is 2.18 bits per heavy atom.